The van der Waals surface area contributed by atoms with Crippen molar-refractivity contribution < 1.29 is 4.79 Å². The van der Waals surface area contributed by atoms with Crippen molar-refractivity contribution in [2.24, 2.45) is 5.73 Å². The monoisotopic (exact) mass is 203 g/mol. The van der Waals surface area contributed by atoms with Gasteiger partial charge in [0.1, 0.15) is 11.3 Å². The summed E-state index contributed by atoms with van der Waals surface area (Å²) in [6.07, 6.45) is 0. The van der Waals surface area contributed by atoms with Gasteiger partial charge in [-0.25, -0.2) is 4.98 Å². The SMILES string of the molecule is Cc1nc2cccc(C)n2c1C(=O)CN. The van der Waals surface area contributed by atoms with Crippen LogP contribution < -0.4 is 5.73 Å². The second-order valence-electron chi connectivity index (χ2n) is 3.53. The van der Waals surface area contributed by atoms with Gasteiger partial charge in [0.25, 0.3) is 0 Å². The molecule has 0 atom stereocenters. The number of hydrogen-bond donors (Lipinski definition) is 1. The number of nitrogens with zero attached hydrogens (tertiary/aromatic N) is 2. The predicted molar refractivity (Wildman–Crippen MR) is 58.1 cm³/mol. The molecule has 0 aromatic carbocycles. The van der Waals surface area contributed by atoms with Gasteiger partial charge < -0.3 is 5.73 Å². The number of fused-ring (bicyclic) bond motifs is 1. The lowest BCUT2D eigenvalue weighted by Gasteiger charge is -2.03. The summed E-state index contributed by atoms with van der Waals surface area (Å²) in [5, 5.41) is 0. The molecule has 2 aromatic rings. The third kappa shape index (κ3) is 1.43. The Hall–Kier alpha value is -1.68. The lowest BCUT2D eigenvalue weighted by Crippen LogP contribution is -2.17. The molecule has 4 heteroatoms. The maximum atomic E-state index is 11.7. The van der Waals surface area contributed by atoms with Crippen molar-refractivity contribution in [1.82, 2.24) is 9.38 Å². The topological polar surface area (TPSA) is 60.4 Å². The standard InChI is InChI=1S/C11H13N3O/c1-7-4-3-5-10-13-8(2)11(14(7)10)9(15)6-12/h3-5H,6,12H2,1-2H3. The smallest absolute Gasteiger partial charge is 0.194 e. The first-order chi connectivity index (χ1) is 7.15. The molecule has 4 nitrogen and oxygen atoms in total. The van der Waals surface area contributed by atoms with Gasteiger partial charge in [-0.2, -0.15) is 0 Å². The fourth-order valence-electron chi connectivity index (χ4n) is 1.79. The highest BCUT2D eigenvalue weighted by Crippen LogP contribution is 2.14. The Morgan fingerprint density at radius 1 is 1.47 bits per heavy atom. The summed E-state index contributed by atoms with van der Waals surface area (Å²) in [6, 6.07) is 5.75. The van der Waals surface area contributed by atoms with Crippen molar-refractivity contribution in [3.8, 4) is 0 Å². The summed E-state index contributed by atoms with van der Waals surface area (Å²) in [4.78, 5) is 16.0. The molecule has 0 unspecified atom stereocenters. The van der Waals surface area contributed by atoms with E-state index in [0.29, 0.717) is 5.69 Å². The third-order valence-corrected chi connectivity index (χ3v) is 2.46. The van der Waals surface area contributed by atoms with Crippen LogP contribution in [-0.4, -0.2) is 21.7 Å². The average Bonchev–Trinajstić information content (AvgIpc) is 2.55. The Bertz CT molecular complexity index is 528. The number of imidazole rings is 1. The van der Waals surface area contributed by atoms with Crippen LogP contribution in [0.2, 0.25) is 0 Å². The second kappa shape index (κ2) is 3.47. The highest BCUT2D eigenvalue weighted by Gasteiger charge is 2.15. The molecular weight excluding hydrogens is 190 g/mol. The normalized spacial score (nSPS) is 10.9. The summed E-state index contributed by atoms with van der Waals surface area (Å²) in [5.41, 5.74) is 8.51. The minimum Gasteiger partial charge on any atom is -0.324 e. The van der Waals surface area contributed by atoms with Gasteiger partial charge in [-0.15, -0.1) is 0 Å². The van der Waals surface area contributed by atoms with Crippen molar-refractivity contribution in [3.63, 3.8) is 0 Å². The zero-order valence-electron chi connectivity index (χ0n) is 8.82. The average molecular weight is 203 g/mol. The summed E-state index contributed by atoms with van der Waals surface area (Å²) in [5.74, 6) is -0.0747. The van der Waals surface area contributed by atoms with Gasteiger partial charge >= 0.3 is 0 Å². The number of hydrogen-bond acceptors (Lipinski definition) is 3. The van der Waals surface area contributed by atoms with Crippen LogP contribution in [0.5, 0.6) is 0 Å². The van der Waals surface area contributed by atoms with E-state index in [-0.39, 0.29) is 12.3 Å². The van der Waals surface area contributed by atoms with Crippen LogP contribution in [0.3, 0.4) is 0 Å². The molecule has 2 N–H and O–H groups in total. The van der Waals surface area contributed by atoms with E-state index in [0.717, 1.165) is 17.0 Å². The van der Waals surface area contributed by atoms with E-state index < -0.39 is 0 Å². The van der Waals surface area contributed by atoms with Crippen LogP contribution >= 0.6 is 0 Å². The molecule has 2 aromatic heterocycles. The Balaban J connectivity index is 2.82. The van der Waals surface area contributed by atoms with Gasteiger partial charge in [-0.05, 0) is 26.0 Å². The molecule has 0 spiro atoms. The van der Waals surface area contributed by atoms with Crippen LogP contribution in [0.15, 0.2) is 18.2 Å². The van der Waals surface area contributed by atoms with E-state index in [1.54, 1.807) is 0 Å². The van der Waals surface area contributed by atoms with Crippen LogP contribution in [0.4, 0.5) is 0 Å². The number of pyridine rings is 1. The number of Topliss-reactive ketones (excluding diaryl/α,β-unsaturated/α-hetero) is 1. The van der Waals surface area contributed by atoms with E-state index in [2.05, 4.69) is 4.98 Å². The summed E-state index contributed by atoms with van der Waals surface area (Å²) < 4.78 is 1.85. The molecule has 2 rings (SSSR count). The molecule has 0 bridgehead atoms. The van der Waals surface area contributed by atoms with E-state index in [1.165, 1.54) is 0 Å². The fraction of sp³-hybridized carbons (Fsp3) is 0.273. The molecule has 15 heavy (non-hydrogen) atoms. The third-order valence-electron chi connectivity index (χ3n) is 2.46. The van der Waals surface area contributed by atoms with Crippen molar-refractivity contribution in [2.75, 3.05) is 6.54 Å². The van der Waals surface area contributed by atoms with Crippen LogP contribution in [-0.2, 0) is 0 Å². The molecule has 0 fully saturated rings. The Kier molecular flexibility index (Phi) is 2.28. The largest absolute Gasteiger partial charge is 0.324 e. The number of carbonyl (C=O) groups excluding carboxylic acids is 1. The Morgan fingerprint density at radius 3 is 2.87 bits per heavy atom. The molecule has 0 saturated heterocycles. The number of rotatable bonds is 2. The molecule has 0 radical (unpaired) electrons. The van der Waals surface area contributed by atoms with Gasteiger partial charge in [0.2, 0.25) is 0 Å². The first kappa shape index (κ1) is 9.86. The van der Waals surface area contributed by atoms with Crippen molar-refractivity contribution in [2.45, 2.75) is 13.8 Å². The van der Waals surface area contributed by atoms with Crippen molar-refractivity contribution >= 4 is 11.4 Å². The summed E-state index contributed by atoms with van der Waals surface area (Å²) in [6.45, 7) is 3.79. The van der Waals surface area contributed by atoms with Crippen LogP contribution in [0.25, 0.3) is 5.65 Å². The highest BCUT2D eigenvalue weighted by atomic mass is 16.1. The van der Waals surface area contributed by atoms with Gasteiger partial charge in [0.05, 0.1) is 12.2 Å². The minimum absolute atomic E-state index is 0.0168. The molecule has 0 aliphatic rings. The quantitative estimate of drug-likeness (QED) is 0.743. The molecule has 0 amide bonds. The van der Waals surface area contributed by atoms with E-state index >= 15 is 0 Å². The van der Waals surface area contributed by atoms with E-state index in [1.807, 2.05) is 36.4 Å². The minimum atomic E-state index is -0.0747. The maximum Gasteiger partial charge on any atom is 0.194 e. The summed E-state index contributed by atoms with van der Waals surface area (Å²) in [7, 11) is 0. The summed E-state index contributed by atoms with van der Waals surface area (Å²) >= 11 is 0. The number of ketones is 1. The van der Waals surface area contributed by atoms with Gasteiger partial charge in [0, 0.05) is 5.69 Å². The number of aryl methyl sites for hydroxylation is 2. The Labute approximate surface area is 87.7 Å². The van der Waals surface area contributed by atoms with Crippen molar-refractivity contribution in [3.05, 3.63) is 35.3 Å². The molecule has 2 heterocycles. The van der Waals surface area contributed by atoms with Gasteiger partial charge in [0.15, 0.2) is 5.78 Å². The van der Waals surface area contributed by atoms with Crippen LogP contribution in [0.1, 0.15) is 21.9 Å². The van der Waals surface area contributed by atoms with Gasteiger partial charge in [-0.3, -0.25) is 9.20 Å². The second-order valence-corrected chi connectivity index (χ2v) is 3.53. The van der Waals surface area contributed by atoms with Crippen LogP contribution in [0, 0.1) is 13.8 Å². The molecule has 0 aliphatic heterocycles. The van der Waals surface area contributed by atoms with E-state index in [4.69, 9.17) is 5.73 Å². The first-order valence-electron chi connectivity index (χ1n) is 4.83. The number of aromatic nitrogens is 2. The lowest BCUT2D eigenvalue weighted by molar-refractivity contribution is 0.0995. The number of nitrogens with two attached hydrogens (primary N) is 1. The molecule has 78 valence electrons. The predicted octanol–water partition coefficient (Wildman–Crippen LogP) is 1.09. The maximum absolute atomic E-state index is 11.7. The lowest BCUT2D eigenvalue weighted by atomic mass is 10.2. The molecular formula is C11H13N3O. The fourth-order valence-corrected chi connectivity index (χ4v) is 1.79. The van der Waals surface area contributed by atoms with E-state index in [9.17, 15) is 4.79 Å². The highest BCUT2D eigenvalue weighted by molar-refractivity contribution is 5.97. The first-order valence-corrected chi connectivity index (χ1v) is 4.83. The number of carbonyl (C=O) groups is 1. The van der Waals surface area contributed by atoms with Gasteiger partial charge in [-0.1, -0.05) is 6.07 Å². The molecule has 0 aliphatic carbocycles. The van der Waals surface area contributed by atoms with Crippen molar-refractivity contribution in [1.29, 1.82) is 0 Å². The zero-order valence-corrected chi connectivity index (χ0v) is 8.82. The zero-order chi connectivity index (χ0) is 11.0. The Morgan fingerprint density at radius 2 is 2.20 bits per heavy atom. The molecule has 0 saturated carbocycles.